The van der Waals surface area contributed by atoms with Crippen LogP contribution in [-0.2, 0) is 0 Å². The summed E-state index contributed by atoms with van der Waals surface area (Å²) in [6.45, 7) is 1.53. The number of hydrogen-bond donors (Lipinski definition) is 1. The van der Waals surface area contributed by atoms with Crippen LogP contribution in [0.4, 0.5) is 0 Å². The van der Waals surface area contributed by atoms with Crippen molar-refractivity contribution >= 4 is 165 Å². The van der Waals surface area contributed by atoms with Gasteiger partial charge in [-0.05, 0) is 0 Å². The molecule has 5 rings (SSSR count). The van der Waals surface area contributed by atoms with Gasteiger partial charge in [0.1, 0.15) is 0 Å². The number of imidazole rings is 1. The number of aliphatic hydroxyl groups excluding tert-OH is 1. The van der Waals surface area contributed by atoms with Crippen LogP contribution in [0.1, 0.15) is 25.6 Å². The summed E-state index contributed by atoms with van der Waals surface area (Å²) in [5.74, 6) is 4.15. The van der Waals surface area contributed by atoms with E-state index in [-0.39, 0.29) is 122 Å². The molecule has 4 aromatic rings. The molecule has 3 nitrogen and oxygen atoms in total. The van der Waals surface area contributed by atoms with Gasteiger partial charge in [0.15, 0.2) is 0 Å². The van der Waals surface area contributed by atoms with E-state index in [0.29, 0.717) is 22.3 Å². The molecule has 0 bridgehead atoms. The predicted octanol–water partition coefficient (Wildman–Crippen LogP) is -2.49. The molecule has 3 aromatic carbocycles. The molecule has 1 heterocycles. The molecule has 0 saturated heterocycles. The fourth-order valence-corrected chi connectivity index (χ4v) is 6.64. The Labute approximate surface area is 359 Å². The molecule has 0 unspecified atom stereocenters. The summed E-state index contributed by atoms with van der Waals surface area (Å²) in [7, 11) is 91.0. The number of terminal acetylenes is 2. The Hall–Kier alpha value is -4.99. The third-order valence-electron chi connectivity index (χ3n) is 9.77. The average Bonchev–Trinajstić information content (AvgIpc) is 3.61. The Morgan fingerprint density at radius 2 is 1.31 bits per heavy atom. The first kappa shape index (κ1) is 44.1. The van der Waals surface area contributed by atoms with Crippen molar-refractivity contribution in [1.82, 2.24) is 9.55 Å². The maximum atomic E-state index is 11.7. The van der Waals surface area contributed by atoms with Crippen LogP contribution in [0.2, 0.25) is 0 Å². The fraction of sp³-hybridized carbons (Fsp3) is 0.0732. The van der Waals surface area contributed by atoms with Gasteiger partial charge >= 0.3 is 361 Å². The number of para-hydroxylation sites is 3. The van der Waals surface area contributed by atoms with E-state index in [1.807, 2.05) is 48.5 Å². The predicted molar refractivity (Wildman–Crippen MR) is 255 cm³/mol. The molecule has 1 N–H and O–H groups in total. The summed E-state index contributed by atoms with van der Waals surface area (Å²) in [6.07, 6.45) is 11.1. The number of nitrogens with zero attached hydrogens (tertiary/aromatic N) is 2. The minimum atomic E-state index is -0.577. The number of benzene rings is 3. The zero-order valence-corrected chi connectivity index (χ0v) is 31.7. The summed E-state index contributed by atoms with van der Waals surface area (Å²) in [4.78, 5) is 4.91. The third-order valence-corrected chi connectivity index (χ3v) is 9.77. The van der Waals surface area contributed by atoms with Crippen molar-refractivity contribution in [1.29, 1.82) is 0 Å². The van der Waals surface area contributed by atoms with Crippen molar-refractivity contribution in [3.63, 3.8) is 0 Å². The molecule has 0 spiro atoms. The van der Waals surface area contributed by atoms with E-state index >= 15 is 0 Å². The van der Waals surface area contributed by atoms with Gasteiger partial charge in [-0.2, -0.15) is 0 Å². The monoisotopic (exact) mass is 709 g/mol. The molecule has 58 heavy (non-hydrogen) atoms. The topological polar surface area (TPSA) is 38.1 Å². The Bertz CT molecular complexity index is 2860. The normalized spacial score (nSPS) is 15.8. The zero-order valence-electron chi connectivity index (χ0n) is 31.7. The molecule has 0 atom stereocenters. The molecule has 0 saturated carbocycles. The number of rotatable bonds is 9. The first-order valence-electron chi connectivity index (χ1n) is 17.4. The molecule has 1 aliphatic rings. The van der Waals surface area contributed by atoms with Gasteiger partial charge in [-0.15, -0.1) is 0 Å². The molecule has 27 radical (unpaired) electrons. The van der Waals surface area contributed by atoms with Crippen LogP contribution in [-0.4, -0.2) is 130 Å². The zero-order chi connectivity index (χ0) is 42.9. The van der Waals surface area contributed by atoms with E-state index in [1.54, 1.807) is 10.6 Å². The van der Waals surface area contributed by atoms with Crippen LogP contribution in [0.3, 0.4) is 0 Å². The first-order valence-corrected chi connectivity index (χ1v) is 17.4. The Kier molecular flexibility index (Phi) is 13.6. The summed E-state index contributed by atoms with van der Waals surface area (Å²) in [5, 5.41) is 12.1. The standard InChI is InChI=1S/C41H19B14N2O/c1-4-21(43)32(47)33(48)22(44)16-18-15-20(27(35(50)39(54)37(52)30(45)17(3)42)29-26(18)34(49)38(53)40(55)36(29)51)31(46)28(25(58)5-2)41-56-23-13-9-10-14-24(23)57(41)19-11-7-6-8-12-19/h1-2,6-14,58H,15-16H2,3H3/b28-25-,30-17-,31-20-,32-21-,33-22-,39-37-. The molecule has 0 amide bonds. The Balaban J connectivity index is 2.05. The van der Waals surface area contributed by atoms with E-state index in [2.05, 4.69) is 11.8 Å². The van der Waals surface area contributed by atoms with Crippen molar-refractivity contribution in [3.8, 4) is 30.4 Å². The van der Waals surface area contributed by atoms with Crippen molar-refractivity contribution < 1.29 is 5.11 Å². The number of hydrogen-bond acceptors (Lipinski definition) is 2. The van der Waals surface area contributed by atoms with Crippen LogP contribution in [0, 0.1) is 24.7 Å². The SMILES string of the molecule is [B]/C(C)=C([B])/C([B])=C(/[B])C(=[B])C1=c2c([B])c([B])c([B])c([B])c2=C(C/C([B])=C([B])\C([B])=C(\[B])C#C)C/C1=C([B])\C(=C(\O)C#C)c1nc2ccccc2n1-c1ccccc1. The molecule has 0 fully saturated rings. The van der Waals surface area contributed by atoms with Crippen LogP contribution in [0.25, 0.3) is 33.4 Å². The summed E-state index contributed by atoms with van der Waals surface area (Å²) < 4.78 is 1.79. The van der Waals surface area contributed by atoms with Gasteiger partial charge in [-0.1, -0.05) is 0 Å². The van der Waals surface area contributed by atoms with Crippen molar-refractivity contribution in [2.45, 2.75) is 19.8 Å². The average molecular weight is 707 g/mol. The van der Waals surface area contributed by atoms with Crippen LogP contribution in [0.5, 0.6) is 0 Å². The Morgan fingerprint density at radius 1 is 0.724 bits per heavy atom. The third kappa shape index (κ3) is 8.03. The van der Waals surface area contributed by atoms with Gasteiger partial charge < -0.3 is 0 Å². The summed E-state index contributed by atoms with van der Waals surface area (Å²) >= 11 is 0. The van der Waals surface area contributed by atoms with Gasteiger partial charge in [-0.3, -0.25) is 0 Å². The van der Waals surface area contributed by atoms with Crippen molar-refractivity contribution in [3.05, 3.63) is 131 Å². The molecule has 1 aromatic heterocycles. The van der Waals surface area contributed by atoms with Gasteiger partial charge in [0.2, 0.25) is 0 Å². The van der Waals surface area contributed by atoms with Gasteiger partial charge in [-0.25, -0.2) is 0 Å². The second kappa shape index (κ2) is 17.9. The second-order valence-electron chi connectivity index (χ2n) is 13.3. The molecule has 241 valence electrons. The first-order chi connectivity index (χ1) is 27.4. The van der Waals surface area contributed by atoms with Crippen LogP contribution in [0.15, 0.2) is 115 Å². The van der Waals surface area contributed by atoms with E-state index in [1.165, 1.54) is 6.92 Å². The van der Waals surface area contributed by atoms with Crippen LogP contribution < -0.4 is 32.3 Å². The molecule has 0 aliphatic heterocycles. The van der Waals surface area contributed by atoms with Crippen molar-refractivity contribution in [2.75, 3.05) is 0 Å². The van der Waals surface area contributed by atoms with Gasteiger partial charge in [0.05, 0.1) is 0 Å². The number of aliphatic hydroxyl groups is 1. The quantitative estimate of drug-likeness (QED) is 0.0907. The number of allylic oxidation sites excluding steroid dienone is 12. The van der Waals surface area contributed by atoms with Crippen molar-refractivity contribution in [2.24, 2.45) is 0 Å². The summed E-state index contributed by atoms with van der Waals surface area (Å²) in [5.41, 5.74) is 1.53. The van der Waals surface area contributed by atoms with E-state index in [4.69, 9.17) is 127 Å². The molecule has 1 aliphatic carbocycles. The maximum absolute atomic E-state index is 11.7. The van der Waals surface area contributed by atoms with E-state index in [9.17, 15) is 5.11 Å². The van der Waals surface area contributed by atoms with E-state index in [0.717, 1.165) is 0 Å². The minimum absolute atomic E-state index is 0.0125. The van der Waals surface area contributed by atoms with Gasteiger partial charge in [0.25, 0.3) is 0 Å². The molecular formula is C41H19B14N2O. The van der Waals surface area contributed by atoms with E-state index < -0.39 is 5.76 Å². The Morgan fingerprint density at radius 3 is 1.90 bits per heavy atom. The summed E-state index contributed by atoms with van der Waals surface area (Å²) in [6, 6.07) is 16.6. The second-order valence-corrected chi connectivity index (χ2v) is 13.3. The fourth-order valence-electron chi connectivity index (χ4n) is 6.64. The molecular weight excluding hydrogens is 688 g/mol. The van der Waals surface area contributed by atoms with Crippen LogP contribution >= 0.6 is 0 Å². The van der Waals surface area contributed by atoms with Gasteiger partial charge in [0, 0.05) is 0 Å². The number of aromatic nitrogens is 2. The number of fused-ring (bicyclic) bond motifs is 2. The molecule has 17 heteroatoms.